The summed E-state index contributed by atoms with van der Waals surface area (Å²) in [4.78, 5) is 34.7. The van der Waals surface area contributed by atoms with E-state index in [1.807, 2.05) is 0 Å². The summed E-state index contributed by atoms with van der Waals surface area (Å²) in [6, 6.07) is 1.46. The lowest BCUT2D eigenvalue weighted by Crippen LogP contribution is -2.39. The van der Waals surface area contributed by atoms with Gasteiger partial charge in [0.15, 0.2) is 0 Å². The molecule has 0 radical (unpaired) electrons. The van der Waals surface area contributed by atoms with Gasteiger partial charge in [-0.05, 0) is 33.5 Å². The van der Waals surface area contributed by atoms with Gasteiger partial charge >= 0.3 is 0 Å². The van der Waals surface area contributed by atoms with Crippen molar-refractivity contribution >= 4 is 5.91 Å². The summed E-state index contributed by atoms with van der Waals surface area (Å²) >= 11 is 0. The number of aromatic amines is 1. The van der Waals surface area contributed by atoms with Gasteiger partial charge in [-0.2, -0.15) is 0 Å². The lowest BCUT2D eigenvalue weighted by Gasteiger charge is -2.19. The minimum atomic E-state index is -0.150. The van der Waals surface area contributed by atoms with Gasteiger partial charge in [0.2, 0.25) is 5.91 Å². The van der Waals surface area contributed by atoms with Crippen molar-refractivity contribution in [2.45, 2.75) is 19.8 Å². The largest absolute Gasteiger partial charge is 0.355 e. The van der Waals surface area contributed by atoms with E-state index in [9.17, 15) is 9.59 Å². The number of carbonyl (C=O) groups excluding carboxylic acids is 1. The van der Waals surface area contributed by atoms with Crippen molar-refractivity contribution in [1.82, 2.24) is 25.1 Å². The molecule has 0 aliphatic carbocycles. The predicted molar refractivity (Wildman–Crippen MR) is 84.9 cm³/mol. The van der Waals surface area contributed by atoms with E-state index >= 15 is 0 Å². The number of hydrogen-bond acceptors (Lipinski definition) is 5. The van der Waals surface area contributed by atoms with Gasteiger partial charge in [-0.3, -0.25) is 14.5 Å². The number of H-pyrrole nitrogens is 1. The number of nitrogens with one attached hydrogen (secondary N) is 2. The first kappa shape index (κ1) is 16.6. The van der Waals surface area contributed by atoms with Crippen LogP contribution in [0.5, 0.6) is 0 Å². The van der Waals surface area contributed by atoms with Gasteiger partial charge in [0, 0.05) is 37.8 Å². The number of aromatic nitrogens is 2. The molecule has 0 saturated carbocycles. The van der Waals surface area contributed by atoms with Crippen LogP contribution in [0.15, 0.2) is 10.9 Å². The summed E-state index contributed by atoms with van der Waals surface area (Å²) in [5.74, 6) is 0.640. The second-order valence-electron chi connectivity index (χ2n) is 5.87. The van der Waals surface area contributed by atoms with Crippen LogP contribution in [-0.4, -0.2) is 72.0 Å². The van der Waals surface area contributed by atoms with E-state index in [1.165, 1.54) is 6.07 Å². The van der Waals surface area contributed by atoms with Crippen molar-refractivity contribution in [1.29, 1.82) is 0 Å². The average Bonchev–Trinajstić information content (AvgIpc) is 2.62. The van der Waals surface area contributed by atoms with Gasteiger partial charge in [0.25, 0.3) is 5.56 Å². The highest BCUT2D eigenvalue weighted by Gasteiger charge is 2.14. The third-order valence-corrected chi connectivity index (χ3v) is 3.78. The second kappa shape index (κ2) is 8.05. The van der Waals surface area contributed by atoms with Crippen molar-refractivity contribution in [3.05, 3.63) is 27.9 Å². The summed E-state index contributed by atoms with van der Waals surface area (Å²) in [6.45, 7) is 6.69. The molecule has 2 rings (SSSR count). The van der Waals surface area contributed by atoms with Crippen LogP contribution in [-0.2, 0) is 11.2 Å². The van der Waals surface area contributed by atoms with Crippen LogP contribution >= 0.6 is 0 Å². The second-order valence-corrected chi connectivity index (χ2v) is 5.87. The Kier molecular flexibility index (Phi) is 6.09. The van der Waals surface area contributed by atoms with Gasteiger partial charge < -0.3 is 15.2 Å². The van der Waals surface area contributed by atoms with Gasteiger partial charge in [-0.1, -0.05) is 0 Å². The maximum atomic E-state index is 12.0. The number of carbonyl (C=O) groups is 1. The Bertz CT molecular complexity index is 557. The molecule has 1 fully saturated rings. The molecule has 7 nitrogen and oxygen atoms in total. The first-order valence-corrected chi connectivity index (χ1v) is 7.77. The van der Waals surface area contributed by atoms with Crippen LogP contribution in [0.3, 0.4) is 0 Å². The highest BCUT2D eigenvalue weighted by molar-refractivity contribution is 5.78. The number of nitrogens with zero attached hydrogens (tertiary/aromatic N) is 3. The molecule has 1 aromatic rings. The summed E-state index contributed by atoms with van der Waals surface area (Å²) in [5.41, 5.74) is 0.543. The smallest absolute Gasteiger partial charge is 0.251 e. The molecule has 1 amide bonds. The first-order valence-electron chi connectivity index (χ1n) is 7.77. The Balaban J connectivity index is 1.72. The molecular formula is C15H25N5O2. The van der Waals surface area contributed by atoms with E-state index in [2.05, 4.69) is 32.1 Å². The van der Waals surface area contributed by atoms with Crippen molar-refractivity contribution in [2.75, 3.05) is 46.3 Å². The highest BCUT2D eigenvalue weighted by Crippen LogP contribution is 2.00. The molecule has 0 aromatic carbocycles. The van der Waals surface area contributed by atoms with E-state index in [4.69, 9.17) is 0 Å². The Morgan fingerprint density at radius 3 is 2.95 bits per heavy atom. The Hall–Kier alpha value is -1.73. The topological polar surface area (TPSA) is 81.3 Å². The maximum absolute atomic E-state index is 12.0. The molecule has 0 bridgehead atoms. The van der Waals surface area contributed by atoms with Crippen molar-refractivity contribution in [3.8, 4) is 0 Å². The predicted octanol–water partition coefficient (Wildman–Crippen LogP) is -0.625. The lowest BCUT2D eigenvalue weighted by atomic mass is 10.3. The van der Waals surface area contributed by atoms with Crippen molar-refractivity contribution in [2.24, 2.45) is 0 Å². The van der Waals surface area contributed by atoms with Gasteiger partial charge in [0.05, 0.1) is 6.54 Å². The van der Waals surface area contributed by atoms with Gasteiger partial charge in [0.1, 0.15) is 5.82 Å². The molecule has 1 aliphatic heterocycles. The molecule has 22 heavy (non-hydrogen) atoms. The van der Waals surface area contributed by atoms with E-state index in [0.29, 0.717) is 31.0 Å². The molecule has 1 saturated heterocycles. The quantitative estimate of drug-likeness (QED) is 0.757. The third kappa shape index (κ3) is 5.57. The molecule has 1 aromatic heterocycles. The fourth-order valence-corrected chi connectivity index (χ4v) is 2.60. The molecule has 0 atom stereocenters. The molecule has 7 heteroatoms. The van der Waals surface area contributed by atoms with E-state index < -0.39 is 0 Å². The van der Waals surface area contributed by atoms with Crippen LogP contribution < -0.4 is 10.9 Å². The van der Waals surface area contributed by atoms with Crippen LogP contribution in [0.1, 0.15) is 17.9 Å². The molecule has 0 unspecified atom stereocenters. The van der Waals surface area contributed by atoms with Crippen LogP contribution in [0.2, 0.25) is 0 Å². The van der Waals surface area contributed by atoms with Crippen LogP contribution in [0.25, 0.3) is 0 Å². The minimum Gasteiger partial charge on any atom is -0.355 e. The molecule has 2 N–H and O–H groups in total. The normalized spacial score (nSPS) is 17.2. The van der Waals surface area contributed by atoms with Crippen LogP contribution in [0.4, 0.5) is 0 Å². The number of amides is 1. The summed E-state index contributed by atoms with van der Waals surface area (Å²) in [7, 11) is 2.11. The van der Waals surface area contributed by atoms with E-state index in [1.54, 1.807) is 6.92 Å². The van der Waals surface area contributed by atoms with Gasteiger partial charge in [-0.25, -0.2) is 4.98 Å². The van der Waals surface area contributed by atoms with Gasteiger partial charge in [-0.15, -0.1) is 0 Å². The zero-order valence-electron chi connectivity index (χ0n) is 13.4. The minimum absolute atomic E-state index is 0.0274. The lowest BCUT2D eigenvalue weighted by molar-refractivity contribution is -0.122. The van der Waals surface area contributed by atoms with E-state index in [0.717, 1.165) is 32.6 Å². The fraction of sp³-hybridized carbons (Fsp3) is 0.667. The average molecular weight is 307 g/mol. The standard InChI is InChI=1S/C15H25N5O2/c1-12-10-14(21)18-13(17-12)4-5-16-15(22)11-20-7-3-6-19(2)8-9-20/h10H,3-9,11H2,1-2H3,(H,16,22)(H,17,18,21). The van der Waals surface area contributed by atoms with Crippen molar-refractivity contribution < 1.29 is 4.79 Å². The molecule has 0 spiro atoms. The summed E-state index contributed by atoms with van der Waals surface area (Å²) < 4.78 is 0. The Labute approximate surface area is 130 Å². The monoisotopic (exact) mass is 307 g/mol. The maximum Gasteiger partial charge on any atom is 0.251 e. The number of hydrogen-bond donors (Lipinski definition) is 2. The fourth-order valence-electron chi connectivity index (χ4n) is 2.60. The number of aryl methyl sites for hydroxylation is 1. The van der Waals surface area contributed by atoms with Crippen molar-refractivity contribution in [3.63, 3.8) is 0 Å². The SMILES string of the molecule is Cc1cc(=O)[nH]c(CCNC(=O)CN2CCCN(C)CC2)n1. The van der Waals surface area contributed by atoms with Crippen LogP contribution in [0, 0.1) is 6.92 Å². The molecule has 122 valence electrons. The number of likely N-dealkylation sites (N-methyl/N-ethyl adjacent to an activating group) is 1. The summed E-state index contributed by atoms with van der Waals surface area (Å²) in [6.07, 6.45) is 1.63. The first-order chi connectivity index (χ1) is 10.5. The van der Waals surface area contributed by atoms with E-state index in [-0.39, 0.29) is 11.5 Å². The zero-order valence-corrected chi connectivity index (χ0v) is 13.4. The molecule has 2 heterocycles. The Morgan fingerprint density at radius 2 is 2.18 bits per heavy atom. The highest BCUT2D eigenvalue weighted by atomic mass is 16.2. The molecule has 1 aliphatic rings. The third-order valence-electron chi connectivity index (χ3n) is 3.78. The summed E-state index contributed by atoms with van der Waals surface area (Å²) in [5, 5.41) is 2.89. The Morgan fingerprint density at radius 1 is 1.36 bits per heavy atom. The molecular weight excluding hydrogens is 282 g/mol. The number of rotatable bonds is 5. The zero-order chi connectivity index (χ0) is 15.9.